The van der Waals surface area contributed by atoms with E-state index in [1.807, 2.05) is 79.7 Å². The van der Waals surface area contributed by atoms with Gasteiger partial charge in [0.1, 0.15) is 16.5 Å². The summed E-state index contributed by atoms with van der Waals surface area (Å²) in [5, 5.41) is 10.2. The van der Waals surface area contributed by atoms with Crippen molar-refractivity contribution in [2.24, 2.45) is 0 Å². The lowest BCUT2D eigenvalue weighted by Crippen LogP contribution is -2.34. The Labute approximate surface area is 212 Å². The zero-order valence-electron chi connectivity index (χ0n) is 19.7. The lowest BCUT2D eigenvalue weighted by Gasteiger charge is -2.10. The first-order chi connectivity index (χ1) is 17.6. The zero-order valence-corrected chi connectivity index (χ0v) is 20.5. The summed E-state index contributed by atoms with van der Waals surface area (Å²) >= 11 is 1.54. The molecule has 3 aromatic carbocycles. The third-order valence-electron chi connectivity index (χ3n) is 5.67. The molecule has 7 nitrogen and oxygen atoms in total. The molecule has 0 fully saturated rings. The van der Waals surface area contributed by atoms with Gasteiger partial charge in [-0.2, -0.15) is 5.10 Å². The topological polar surface area (TPSA) is 86.1 Å². The van der Waals surface area contributed by atoms with Gasteiger partial charge < -0.3 is 10.1 Å². The molecule has 0 radical (unpaired) electrons. The van der Waals surface area contributed by atoms with Crippen LogP contribution < -0.4 is 15.6 Å². The number of nitrogens with one attached hydrogen (secondary N) is 1. The number of ether oxygens (including phenoxy) is 1. The van der Waals surface area contributed by atoms with Gasteiger partial charge in [-0.05, 0) is 24.4 Å². The maximum atomic E-state index is 12.4. The predicted octanol–water partition coefficient (Wildman–Crippen LogP) is 4.69. The van der Waals surface area contributed by atoms with Crippen LogP contribution in [0.15, 0.2) is 89.7 Å². The van der Waals surface area contributed by atoms with Crippen molar-refractivity contribution >= 4 is 28.0 Å². The second-order valence-electron chi connectivity index (χ2n) is 8.20. The van der Waals surface area contributed by atoms with Crippen LogP contribution in [0, 0.1) is 6.92 Å². The fourth-order valence-electron chi connectivity index (χ4n) is 3.89. The van der Waals surface area contributed by atoms with Crippen molar-refractivity contribution < 1.29 is 9.53 Å². The van der Waals surface area contributed by atoms with Crippen LogP contribution in [0.4, 0.5) is 0 Å². The minimum Gasteiger partial charge on any atom is -0.483 e. The summed E-state index contributed by atoms with van der Waals surface area (Å²) in [4.78, 5) is 30.3. The molecular weight excluding hydrogens is 472 g/mol. The first kappa shape index (κ1) is 23.4. The summed E-state index contributed by atoms with van der Waals surface area (Å²) in [6.45, 7) is 2.32. The molecule has 0 spiro atoms. The molecule has 2 aromatic heterocycles. The van der Waals surface area contributed by atoms with E-state index >= 15 is 0 Å². The summed E-state index contributed by atoms with van der Waals surface area (Å²) < 4.78 is 7.10. The van der Waals surface area contributed by atoms with E-state index in [2.05, 4.69) is 15.4 Å². The highest BCUT2D eigenvalue weighted by atomic mass is 32.1. The molecule has 0 bridgehead atoms. The predicted molar refractivity (Wildman–Crippen MR) is 142 cm³/mol. The molecule has 36 heavy (non-hydrogen) atoms. The molecule has 0 aliphatic heterocycles. The highest BCUT2D eigenvalue weighted by Crippen LogP contribution is 2.33. The van der Waals surface area contributed by atoms with Gasteiger partial charge in [0.25, 0.3) is 11.5 Å². The molecule has 2 heterocycles. The van der Waals surface area contributed by atoms with E-state index in [4.69, 9.17) is 4.74 Å². The highest BCUT2D eigenvalue weighted by Gasteiger charge is 2.14. The highest BCUT2D eigenvalue weighted by molar-refractivity contribution is 7.18. The lowest BCUT2D eigenvalue weighted by molar-refractivity contribution is -0.123. The van der Waals surface area contributed by atoms with E-state index in [-0.39, 0.29) is 31.2 Å². The smallest absolute Gasteiger partial charge is 0.266 e. The van der Waals surface area contributed by atoms with Gasteiger partial charge in [0.15, 0.2) is 6.61 Å². The maximum Gasteiger partial charge on any atom is 0.266 e. The van der Waals surface area contributed by atoms with E-state index in [0.29, 0.717) is 11.4 Å². The fourth-order valence-corrected chi connectivity index (χ4v) is 4.92. The molecule has 1 amide bonds. The van der Waals surface area contributed by atoms with Gasteiger partial charge in [-0.25, -0.2) is 9.67 Å². The molecule has 0 saturated heterocycles. The number of benzene rings is 3. The van der Waals surface area contributed by atoms with Gasteiger partial charge >= 0.3 is 0 Å². The maximum absolute atomic E-state index is 12.4. The number of carbonyl (C=O) groups excluding carboxylic acids is 1. The van der Waals surface area contributed by atoms with Crippen LogP contribution in [0.25, 0.3) is 31.9 Å². The van der Waals surface area contributed by atoms with Crippen LogP contribution in [0.5, 0.6) is 5.75 Å². The Balaban J connectivity index is 1.21. The Morgan fingerprint density at radius 1 is 0.972 bits per heavy atom. The average Bonchev–Trinajstić information content (AvgIpc) is 3.30. The Morgan fingerprint density at radius 3 is 2.61 bits per heavy atom. The molecule has 0 atom stereocenters. The minimum absolute atomic E-state index is 0.112. The van der Waals surface area contributed by atoms with Crippen LogP contribution in [0.1, 0.15) is 5.69 Å². The lowest BCUT2D eigenvalue weighted by atomic mass is 10.1. The van der Waals surface area contributed by atoms with Crippen molar-refractivity contribution in [1.29, 1.82) is 0 Å². The molecule has 8 heteroatoms. The normalized spacial score (nSPS) is 10.9. The molecular formula is C28H24N4O3S. The zero-order chi connectivity index (χ0) is 24.9. The molecule has 0 aliphatic rings. The third kappa shape index (κ3) is 5.18. The fraction of sp³-hybridized carbons (Fsp3) is 0.143. The molecule has 5 rings (SSSR count). The summed E-state index contributed by atoms with van der Waals surface area (Å²) in [6, 6.07) is 26.8. The molecule has 180 valence electrons. The quantitative estimate of drug-likeness (QED) is 0.337. The molecule has 0 unspecified atom stereocenters. The Bertz CT molecular complexity index is 1570. The van der Waals surface area contributed by atoms with Crippen LogP contribution in [0.2, 0.25) is 0 Å². The Morgan fingerprint density at radius 2 is 1.75 bits per heavy atom. The number of carbonyl (C=O) groups is 1. The van der Waals surface area contributed by atoms with E-state index in [0.717, 1.165) is 31.9 Å². The summed E-state index contributed by atoms with van der Waals surface area (Å²) in [5.41, 5.74) is 2.34. The largest absolute Gasteiger partial charge is 0.483 e. The SMILES string of the molecule is Cc1nc(-c2ccccc2)sc1-c1ccc(=O)n(CCNC(=O)COc2cccc3ccccc23)n1. The van der Waals surface area contributed by atoms with E-state index in [9.17, 15) is 9.59 Å². The Kier molecular flexibility index (Phi) is 6.86. The number of hydrogen-bond acceptors (Lipinski definition) is 6. The average molecular weight is 497 g/mol. The molecule has 0 aliphatic carbocycles. The van der Waals surface area contributed by atoms with E-state index < -0.39 is 0 Å². The van der Waals surface area contributed by atoms with Gasteiger partial charge in [-0.1, -0.05) is 66.7 Å². The van der Waals surface area contributed by atoms with Crippen molar-refractivity contribution in [3.05, 3.63) is 101 Å². The number of fused-ring (bicyclic) bond motifs is 1. The van der Waals surface area contributed by atoms with Crippen molar-refractivity contribution in [2.75, 3.05) is 13.2 Å². The second kappa shape index (κ2) is 10.5. The van der Waals surface area contributed by atoms with Gasteiger partial charge in [-0.3, -0.25) is 9.59 Å². The van der Waals surface area contributed by atoms with Gasteiger partial charge in [0, 0.05) is 23.6 Å². The number of rotatable bonds is 8. The van der Waals surface area contributed by atoms with Crippen LogP contribution in [-0.4, -0.2) is 33.8 Å². The van der Waals surface area contributed by atoms with Gasteiger partial charge in [0.05, 0.1) is 17.1 Å². The number of nitrogens with zero attached hydrogens (tertiary/aromatic N) is 3. The number of amides is 1. The first-order valence-electron chi connectivity index (χ1n) is 11.6. The number of aromatic nitrogens is 3. The van der Waals surface area contributed by atoms with E-state index in [1.165, 1.54) is 22.1 Å². The first-order valence-corrected chi connectivity index (χ1v) is 12.4. The summed E-state index contributed by atoms with van der Waals surface area (Å²) in [6.07, 6.45) is 0. The standard InChI is InChI=1S/C28H24N4O3S/c1-19-27(36-28(30-19)21-9-3-2-4-10-21)23-14-15-26(34)32(31-23)17-16-29-25(33)18-35-24-13-7-11-20-8-5-6-12-22(20)24/h2-15H,16-18H2,1H3,(H,29,33). The van der Waals surface area contributed by atoms with Gasteiger partial charge in [-0.15, -0.1) is 11.3 Å². The monoisotopic (exact) mass is 496 g/mol. The van der Waals surface area contributed by atoms with Crippen molar-refractivity contribution in [3.8, 4) is 26.9 Å². The minimum atomic E-state index is -0.266. The number of thiazole rings is 1. The van der Waals surface area contributed by atoms with E-state index in [1.54, 1.807) is 6.07 Å². The van der Waals surface area contributed by atoms with Crippen LogP contribution >= 0.6 is 11.3 Å². The summed E-state index contributed by atoms with van der Waals surface area (Å²) in [5.74, 6) is 0.390. The molecule has 5 aromatic rings. The molecule has 0 saturated carbocycles. The third-order valence-corrected chi connectivity index (χ3v) is 6.90. The summed E-state index contributed by atoms with van der Waals surface area (Å²) in [7, 11) is 0. The van der Waals surface area contributed by atoms with Crippen molar-refractivity contribution in [1.82, 2.24) is 20.1 Å². The van der Waals surface area contributed by atoms with Crippen molar-refractivity contribution in [2.45, 2.75) is 13.5 Å². The van der Waals surface area contributed by atoms with Gasteiger partial charge in [0.2, 0.25) is 0 Å². The van der Waals surface area contributed by atoms with Crippen molar-refractivity contribution in [3.63, 3.8) is 0 Å². The van der Waals surface area contributed by atoms with Crippen LogP contribution in [-0.2, 0) is 11.3 Å². The Hall–Kier alpha value is -4.30. The number of hydrogen-bond donors (Lipinski definition) is 1. The van der Waals surface area contributed by atoms with Crippen LogP contribution in [0.3, 0.4) is 0 Å². The number of aryl methyl sites for hydroxylation is 1. The molecule has 1 N–H and O–H groups in total. The second-order valence-corrected chi connectivity index (χ2v) is 9.19.